The second-order valence-corrected chi connectivity index (χ2v) is 5.66. The van der Waals surface area contributed by atoms with Crippen molar-refractivity contribution in [3.8, 4) is 0 Å². The number of carbonyl (C=O) groups is 2. The molecule has 2 aromatic carbocycles. The van der Waals surface area contributed by atoms with E-state index in [1.165, 1.54) is 0 Å². The fraction of sp³-hybridized carbons (Fsp3) is 0.100. The number of allylic oxidation sites excluding steroid dienone is 2. The Labute approximate surface area is 128 Å². The van der Waals surface area contributed by atoms with Crippen LogP contribution in [0.15, 0.2) is 60.7 Å². The van der Waals surface area contributed by atoms with Gasteiger partial charge in [0.05, 0.1) is 11.8 Å². The molecule has 0 saturated heterocycles. The van der Waals surface area contributed by atoms with Gasteiger partial charge in [-0.05, 0) is 22.3 Å². The van der Waals surface area contributed by atoms with Crippen LogP contribution in [-0.4, -0.2) is 11.6 Å². The molecule has 2 atom stereocenters. The molecule has 2 aliphatic carbocycles. The predicted octanol–water partition coefficient (Wildman–Crippen LogP) is 3.75. The lowest BCUT2D eigenvalue weighted by Crippen LogP contribution is -2.25. The zero-order valence-electron chi connectivity index (χ0n) is 11.9. The van der Waals surface area contributed by atoms with Gasteiger partial charge in [-0.3, -0.25) is 9.59 Å². The van der Waals surface area contributed by atoms with Crippen molar-refractivity contribution in [2.45, 2.75) is 11.8 Å². The third-order valence-corrected chi connectivity index (χ3v) is 4.41. The van der Waals surface area contributed by atoms with Crippen LogP contribution in [0.2, 0.25) is 0 Å². The molecular weight excluding hydrogens is 272 g/mol. The minimum atomic E-state index is -0.440. The summed E-state index contributed by atoms with van der Waals surface area (Å²) >= 11 is 0. The van der Waals surface area contributed by atoms with Crippen molar-refractivity contribution in [2.24, 2.45) is 0 Å². The normalized spacial score (nSPS) is 20.7. The maximum atomic E-state index is 12.7. The molecule has 4 rings (SSSR count). The predicted molar refractivity (Wildman–Crippen MR) is 86.4 cm³/mol. The van der Waals surface area contributed by atoms with Crippen molar-refractivity contribution in [2.75, 3.05) is 0 Å². The number of rotatable bonds is 3. The smallest absolute Gasteiger partial charge is 0.210 e. The van der Waals surface area contributed by atoms with Crippen molar-refractivity contribution >= 4 is 23.7 Å². The maximum Gasteiger partial charge on any atom is 0.210 e. The summed E-state index contributed by atoms with van der Waals surface area (Å²) in [6, 6.07) is 15.5. The Morgan fingerprint density at radius 2 is 1.05 bits per heavy atom. The van der Waals surface area contributed by atoms with Gasteiger partial charge in [-0.15, -0.1) is 0 Å². The molecule has 2 heteroatoms. The summed E-state index contributed by atoms with van der Waals surface area (Å²) in [7, 11) is 0. The third kappa shape index (κ3) is 1.88. The van der Waals surface area contributed by atoms with Crippen LogP contribution in [-0.2, 0) is 9.59 Å². The molecule has 0 radical (unpaired) electrons. The number of carbonyl (C=O) groups excluding carboxylic acids is 2. The maximum absolute atomic E-state index is 12.7. The molecule has 2 nitrogen and oxygen atoms in total. The first-order chi connectivity index (χ1) is 10.8. The van der Waals surface area contributed by atoms with E-state index in [1.54, 1.807) is 0 Å². The van der Waals surface area contributed by atoms with Gasteiger partial charge in [-0.1, -0.05) is 72.8 Å². The number of benzene rings is 2. The summed E-state index contributed by atoms with van der Waals surface area (Å²) in [4.78, 5) is 25.3. The Bertz CT molecular complexity index is 771. The fourth-order valence-corrected chi connectivity index (χ4v) is 3.26. The molecule has 0 aliphatic heterocycles. The highest BCUT2D eigenvalue weighted by atomic mass is 16.2. The lowest BCUT2D eigenvalue weighted by atomic mass is 9.87. The van der Waals surface area contributed by atoms with E-state index in [0.717, 1.165) is 22.3 Å². The van der Waals surface area contributed by atoms with Crippen molar-refractivity contribution in [1.29, 1.82) is 0 Å². The summed E-state index contributed by atoms with van der Waals surface area (Å²) in [5, 5.41) is 0. The number of ketones is 2. The lowest BCUT2D eigenvalue weighted by molar-refractivity contribution is -0.137. The van der Waals surface area contributed by atoms with Crippen LogP contribution in [0.5, 0.6) is 0 Å². The van der Waals surface area contributed by atoms with Gasteiger partial charge in [0, 0.05) is 0 Å². The topological polar surface area (TPSA) is 34.1 Å². The first-order valence-corrected chi connectivity index (χ1v) is 7.38. The Morgan fingerprint density at radius 3 is 1.50 bits per heavy atom. The summed E-state index contributed by atoms with van der Waals surface area (Å²) in [6.07, 6.45) is 7.50. The van der Waals surface area contributed by atoms with Crippen LogP contribution in [0, 0.1) is 0 Å². The zero-order valence-corrected chi connectivity index (χ0v) is 11.9. The first-order valence-electron chi connectivity index (χ1n) is 7.38. The highest BCUT2D eigenvalue weighted by Gasteiger charge is 2.34. The van der Waals surface area contributed by atoms with Crippen LogP contribution in [0.1, 0.15) is 34.1 Å². The largest absolute Gasteiger partial charge is 0.290 e. The molecule has 106 valence electrons. The van der Waals surface area contributed by atoms with E-state index in [4.69, 9.17) is 0 Å². The Balaban J connectivity index is 1.64. The highest BCUT2D eigenvalue weighted by Crippen LogP contribution is 2.35. The van der Waals surface area contributed by atoms with Crippen molar-refractivity contribution < 1.29 is 9.59 Å². The average Bonchev–Trinajstić information content (AvgIpc) is 3.17. The average molecular weight is 286 g/mol. The van der Waals surface area contributed by atoms with E-state index >= 15 is 0 Å². The molecule has 2 unspecified atom stereocenters. The standard InChI is InChI=1S/C20H14O2/c21-19(17-11-9-13-5-1-3-7-15(13)17)20(22)18-12-10-14-6-2-4-8-16(14)18/h1-12,17-18H. The zero-order chi connectivity index (χ0) is 15.1. The Kier molecular flexibility index (Phi) is 2.90. The van der Waals surface area contributed by atoms with Gasteiger partial charge in [0.2, 0.25) is 11.6 Å². The molecule has 0 heterocycles. The molecule has 0 saturated carbocycles. The fourth-order valence-electron chi connectivity index (χ4n) is 3.26. The quantitative estimate of drug-likeness (QED) is 0.805. The van der Waals surface area contributed by atoms with E-state index in [-0.39, 0.29) is 11.6 Å². The number of fused-ring (bicyclic) bond motifs is 2. The van der Waals surface area contributed by atoms with E-state index in [2.05, 4.69) is 0 Å². The van der Waals surface area contributed by atoms with Gasteiger partial charge in [0.15, 0.2) is 0 Å². The Hall–Kier alpha value is -2.74. The SMILES string of the molecule is O=C(C(=O)C1C=Cc2ccccc21)C1C=Cc2ccccc21. The number of hydrogen-bond donors (Lipinski definition) is 0. The van der Waals surface area contributed by atoms with E-state index in [0.29, 0.717) is 0 Å². The second-order valence-electron chi connectivity index (χ2n) is 5.66. The van der Waals surface area contributed by atoms with Gasteiger partial charge >= 0.3 is 0 Å². The second kappa shape index (κ2) is 4.92. The molecule has 0 aromatic heterocycles. The van der Waals surface area contributed by atoms with Crippen LogP contribution in [0.25, 0.3) is 12.2 Å². The Morgan fingerprint density at radius 1 is 0.636 bits per heavy atom. The van der Waals surface area contributed by atoms with Gasteiger partial charge < -0.3 is 0 Å². The minimum Gasteiger partial charge on any atom is -0.290 e. The van der Waals surface area contributed by atoms with E-state index in [1.807, 2.05) is 72.8 Å². The molecule has 0 spiro atoms. The van der Waals surface area contributed by atoms with Gasteiger partial charge in [-0.25, -0.2) is 0 Å². The van der Waals surface area contributed by atoms with Crippen molar-refractivity contribution in [3.63, 3.8) is 0 Å². The van der Waals surface area contributed by atoms with Gasteiger partial charge in [0.25, 0.3) is 0 Å². The summed E-state index contributed by atoms with van der Waals surface area (Å²) in [5.41, 5.74) is 3.90. The highest BCUT2D eigenvalue weighted by molar-refractivity contribution is 6.42. The molecule has 2 aromatic rings. The summed E-state index contributed by atoms with van der Waals surface area (Å²) in [6.45, 7) is 0. The number of Topliss-reactive ketones (excluding diaryl/α,β-unsaturated/α-hetero) is 2. The molecule has 0 amide bonds. The van der Waals surface area contributed by atoms with E-state index < -0.39 is 11.8 Å². The van der Waals surface area contributed by atoms with Crippen LogP contribution < -0.4 is 0 Å². The number of hydrogen-bond acceptors (Lipinski definition) is 2. The van der Waals surface area contributed by atoms with Crippen molar-refractivity contribution in [1.82, 2.24) is 0 Å². The monoisotopic (exact) mass is 286 g/mol. The molecule has 0 fully saturated rings. The molecule has 2 aliphatic rings. The summed E-state index contributed by atoms with van der Waals surface area (Å²) < 4.78 is 0. The van der Waals surface area contributed by atoms with Crippen LogP contribution >= 0.6 is 0 Å². The van der Waals surface area contributed by atoms with Gasteiger partial charge in [-0.2, -0.15) is 0 Å². The van der Waals surface area contributed by atoms with Crippen LogP contribution in [0.3, 0.4) is 0 Å². The third-order valence-electron chi connectivity index (χ3n) is 4.41. The minimum absolute atomic E-state index is 0.326. The van der Waals surface area contributed by atoms with E-state index in [9.17, 15) is 9.59 Å². The van der Waals surface area contributed by atoms with Gasteiger partial charge in [0.1, 0.15) is 0 Å². The summed E-state index contributed by atoms with van der Waals surface area (Å²) in [5.74, 6) is -1.53. The first kappa shape index (κ1) is 13.0. The lowest BCUT2D eigenvalue weighted by Gasteiger charge is -2.13. The molecule has 22 heavy (non-hydrogen) atoms. The molecule has 0 bridgehead atoms. The van der Waals surface area contributed by atoms with Crippen molar-refractivity contribution in [3.05, 3.63) is 82.9 Å². The molecule has 0 N–H and O–H groups in total. The molecular formula is C20H14O2. The van der Waals surface area contributed by atoms with Crippen LogP contribution in [0.4, 0.5) is 0 Å².